The Balaban J connectivity index is 2.93. The van der Waals surface area contributed by atoms with Crippen LogP contribution in [0.4, 0.5) is 0 Å². The number of benzene rings is 1. The van der Waals surface area contributed by atoms with Crippen LogP contribution in [-0.4, -0.2) is 29.8 Å². The van der Waals surface area contributed by atoms with E-state index in [1.807, 2.05) is 52.0 Å². The van der Waals surface area contributed by atoms with E-state index in [1.54, 1.807) is 0 Å². The molecule has 0 aromatic heterocycles. The molecule has 0 fully saturated rings. The molecule has 6 heteroatoms. The summed E-state index contributed by atoms with van der Waals surface area (Å²) in [7, 11) is -0.340. The lowest BCUT2D eigenvalue weighted by atomic mass is 9.78. The summed E-state index contributed by atoms with van der Waals surface area (Å²) < 4.78 is 5.29. The van der Waals surface area contributed by atoms with Crippen LogP contribution in [0.25, 0.3) is 0 Å². The molecule has 1 atom stereocenters. The third-order valence-electron chi connectivity index (χ3n) is 3.83. The van der Waals surface area contributed by atoms with E-state index in [-0.39, 0.29) is 13.1 Å². The summed E-state index contributed by atoms with van der Waals surface area (Å²) in [5.41, 5.74) is 6.68. The summed E-state index contributed by atoms with van der Waals surface area (Å²) >= 11 is 0. The number of carbonyl (C=O) groups is 1. The molecule has 0 bridgehead atoms. The molecule has 1 rings (SSSR count). The predicted molar refractivity (Wildman–Crippen MR) is 83.2 cm³/mol. The Morgan fingerprint density at radius 2 is 1.71 bits per heavy atom. The fourth-order valence-electron chi connectivity index (χ4n) is 2.32. The Hall–Kier alpha value is -1.37. The maximum absolute atomic E-state index is 10.9. The van der Waals surface area contributed by atoms with Crippen LogP contribution in [0.1, 0.15) is 45.2 Å². The van der Waals surface area contributed by atoms with E-state index in [2.05, 4.69) is 0 Å². The van der Waals surface area contributed by atoms with Gasteiger partial charge in [0, 0.05) is 0 Å². The minimum Gasteiger partial charge on any atom is -0.480 e. The van der Waals surface area contributed by atoms with Gasteiger partial charge < -0.3 is 20.5 Å². The van der Waals surface area contributed by atoms with Crippen molar-refractivity contribution in [3.05, 3.63) is 35.4 Å². The molecule has 0 heterocycles. The zero-order valence-corrected chi connectivity index (χ0v) is 13.1. The Morgan fingerprint density at radius 3 is 2.14 bits per heavy atom. The number of carboxylic acids is 1. The molecule has 0 unspecified atom stereocenters. The highest BCUT2D eigenvalue weighted by Gasteiger charge is 2.28. The first-order valence-corrected chi connectivity index (χ1v) is 6.94. The van der Waals surface area contributed by atoms with Gasteiger partial charge in [-0.1, -0.05) is 38.1 Å². The zero-order valence-electron chi connectivity index (χ0n) is 13.1. The standard InChI is InChI=1S/C15H24BNO4/c1-14(2,9-12(17)13(18)19)10-5-7-11(8-6-10)15(3,4)21-16-20/h5-8,12,16,20H,9,17H2,1-4H3,(H,18,19)/t12-/m0/s1. The molecular formula is C15H24BNO4. The van der Waals surface area contributed by atoms with Crippen LogP contribution in [0.15, 0.2) is 24.3 Å². The van der Waals surface area contributed by atoms with Crippen LogP contribution < -0.4 is 5.73 Å². The smallest absolute Gasteiger partial charge is 0.435 e. The molecule has 0 saturated heterocycles. The number of rotatable bonds is 7. The van der Waals surface area contributed by atoms with Crippen molar-refractivity contribution in [2.45, 2.75) is 51.2 Å². The van der Waals surface area contributed by atoms with Gasteiger partial charge in [0.2, 0.25) is 0 Å². The zero-order chi connectivity index (χ0) is 16.3. The number of aliphatic carboxylic acids is 1. The van der Waals surface area contributed by atoms with Gasteiger partial charge in [-0.2, -0.15) is 0 Å². The molecule has 0 saturated carbocycles. The Labute approximate surface area is 126 Å². The lowest BCUT2D eigenvalue weighted by Gasteiger charge is -2.29. The van der Waals surface area contributed by atoms with Crippen LogP contribution in [0, 0.1) is 0 Å². The molecule has 0 aliphatic carbocycles. The number of hydrogen-bond donors (Lipinski definition) is 3. The maximum atomic E-state index is 10.9. The molecule has 1 aromatic carbocycles. The Bertz CT molecular complexity index is 485. The summed E-state index contributed by atoms with van der Waals surface area (Å²) in [5, 5.41) is 17.8. The van der Waals surface area contributed by atoms with Crippen molar-refractivity contribution in [2.24, 2.45) is 5.73 Å². The van der Waals surface area contributed by atoms with Gasteiger partial charge in [-0.05, 0) is 36.8 Å². The van der Waals surface area contributed by atoms with Crippen LogP contribution in [-0.2, 0) is 20.5 Å². The van der Waals surface area contributed by atoms with E-state index in [0.717, 1.165) is 11.1 Å². The summed E-state index contributed by atoms with van der Waals surface area (Å²) in [4.78, 5) is 10.9. The van der Waals surface area contributed by atoms with Crippen molar-refractivity contribution < 1.29 is 19.6 Å². The van der Waals surface area contributed by atoms with E-state index in [0.29, 0.717) is 6.42 Å². The SMILES string of the molecule is CC(C)(C[C@H](N)C(=O)O)c1ccc(C(C)(C)OBO)cc1. The summed E-state index contributed by atoms with van der Waals surface area (Å²) in [5.74, 6) is -0.989. The molecule has 116 valence electrons. The van der Waals surface area contributed by atoms with Crippen molar-refractivity contribution in [1.82, 2.24) is 0 Å². The molecule has 0 amide bonds. The van der Waals surface area contributed by atoms with Crippen molar-refractivity contribution in [3.63, 3.8) is 0 Å². The van der Waals surface area contributed by atoms with Crippen molar-refractivity contribution in [3.8, 4) is 0 Å². The summed E-state index contributed by atoms with van der Waals surface area (Å²) in [6.45, 7) is 7.70. The molecule has 21 heavy (non-hydrogen) atoms. The quantitative estimate of drug-likeness (QED) is 0.658. The second-order valence-electron chi connectivity index (χ2n) is 6.39. The van der Waals surface area contributed by atoms with Crippen molar-refractivity contribution in [1.29, 1.82) is 0 Å². The normalized spacial score (nSPS) is 13.8. The first kappa shape index (κ1) is 17.7. The van der Waals surface area contributed by atoms with Gasteiger partial charge in [-0.25, -0.2) is 0 Å². The van der Waals surface area contributed by atoms with Gasteiger partial charge in [0.15, 0.2) is 0 Å². The van der Waals surface area contributed by atoms with E-state index >= 15 is 0 Å². The second-order valence-corrected chi connectivity index (χ2v) is 6.39. The highest BCUT2D eigenvalue weighted by atomic mass is 16.5. The van der Waals surface area contributed by atoms with Crippen LogP contribution in [0.3, 0.4) is 0 Å². The Morgan fingerprint density at radius 1 is 1.24 bits per heavy atom. The van der Waals surface area contributed by atoms with Gasteiger partial charge in [-0.3, -0.25) is 4.79 Å². The highest BCUT2D eigenvalue weighted by molar-refractivity contribution is 6.16. The van der Waals surface area contributed by atoms with Gasteiger partial charge in [0.25, 0.3) is 0 Å². The molecule has 0 radical (unpaired) electrons. The summed E-state index contributed by atoms with van der Waals surface area (Å²) in [6.07, 6.45) is 0.359. The summed E-state index contributed by atoms with van der Waals surface area (Å²) in [6, 6.07) is 6.88. The van der Waals surface area contributed by atoms with Crippen molar-refractivity contribution in [2.75, 3.05) is 0 Å². The fraction of sp³-hybridized carbons (Fsp3) is 0.533. The Kier molecular flexibility index (Phi) is 5.56. The van der Waals surface area contributed by atoms with E-state index in [1.165, 1.54) is 0 Å². The number of carboxylic acid groups (broad SMARTS) is 1. The molecular weight excluding hydrogens is 269 g/mol. The van der Waals surface area contributed by atoms with Crippen molar-refractivity contribution >= 4 is 13.7 Å². The topological polar surface area (TPSA) is 92.8 Å². The van der Waals surface area contributed by atoms with Gasteiger partial charge in [-0.15, -0.1) is 0 Å². The second kappa shape index (κ2) is 6.60. The molecule has 0 aliphatic heterocycles. The monoisotopic (exact) mass is 293 g/mol. The van der Waals surface area contributed by atoms with E-state index in [4.69, 9.17) is 20.5 Å². The number of hydrogen-bond acceptors (Lipinski definition) is 4. The van der Waals surface area contributed by atoms with Gasteiger partial charge >= 0.3 is 13.7 Å². The third kappa shape index (κ3) is 4.56. The minimum atomic E-state index is -0.989. The molecule has 1 aromatic rings. The maximum Gasteiger partial charge on any atom is 0.435 e. The largest absolute Gasteiger partial charge is 0.480 e. The molecule has 4 N–H and O–H groups in total. The molecule has 0 aliphatic rings. The van der Waals surface area contributed by atoms with Crippen LogP contribution >= 0.6 is 0 Å². The minimum absolute atomic E-state index is 0.335. The lowest BCUT2D eigenvalue weighted by Crippen LogP contribution is -2.36. The number of nitrogens with two attached hydrogens (primary N) is 1. The average Bonchev–Trinajstić information content (AvgIpc) is 2.38. The first-order chi connectivity index (χ1) is 9.60. The van der Waals surface area contributed by atoms with Gasteiger partial charge in [0.05, 0.1) is 5.60 Å². The third-order valence-corrected chi connectivity index (χ3v) is 3.83. The van der Waals surface area contributed by atoms with Crippen LogP contribution in [0.5, 0.6) is 0 Å². The van der Waals surface area contributed by atoms with Gasteiger partial charge in [0.1, 0.15) is 6.04 Å². The predicted octanol–water partition coefficient (Wildman–Crippen LogP) is 1.28. The highest BCUT2D eigenvalue weighted by Crippen LogP contribution is 2.31. The average molecular weight is 293 g/mol. The van der Waals surface area contributed by atoms with E-state index < -0.39 is 17.6 Å². The van der Waals surface area contributed by atoms with E-state index in [9.17, 15) is 4.79 Å². The van der Waals surface area contributed by atoms with Crippen LogP contribution in [0.2, 0.25) is 0 Å². The first-order valence-electron chi connectivity index (χ1n) is 6.94. The molecule has 5 nitrogen and oxygen atoms in total. The molecule has 0 spiro atoms. The fourth-order valence-corrected chi connectivity index (χ4v) is 2.32. The lowest BCUT2D eigenvalue weighted by molar-refractivity contribution is -0.139.